The lowest BCUT2D eigenvalue weighted by molar-refractivity contribution is 0.414. The monoisotopic (exact) mass is 310 g/mol. The normalized spacial score (nSPS) is 10.8. The fourth-order valence-corrected chi connectivity index (χ4v) is 3.22. The Bertz CT molecular complexity index is 870. The Morgan fingerprint density at radius 3 is 2.09 bits per heavy atom. The Morgan fingerprint density at radius 1 is 0.864 bits per heavy atom. The number of rotatable bonds is 4. The number of ether oxygens (including phenoxy) is 1. The summed E-state index contributed by atoms with van der Waals surface area (Å²) in [5.41, 5.74) is 1.63. The molecule has 0 N–H and O–H groups in total. The van der Waals surface area contributed by atoms with Crippen LogP contribution in [-0.2, 0) is 0 Å². The van der Waals surface area contributed by atoms with E-state index in [0.717, 1.165) is 21.8 Å². The van der Waals surface area contributed by atoms with Gasteiger partial charge in [0.25, 0.3) is 0 Å². The van der Waals surface area contributed by atoms with Crippen molar-refractivity contribution in [3.63, 3.8) is 0 Å². The van der Waals surface area contributed by atoms with E-state index < -0.39 is 10.9 Å². The number of benzene rings is 2. The van der Waals surface area contributed by atoms with E-state index in [9.17, 15) is 9.59 Å². The maximum Gasteiger partial charge on any atom is 0.241 e. The molecule has 4 heteroatoms. The Hall–Kier alpha value is -2.33. The zero-order chi connectivity index (χ0) is 15.7. The van der Waals surface area contributed by atoms with Crippen molar-refractivity contribution in [3.05, 3.63) is 74.5 Å². The second-order valence-corrected chi connectivity index (χ2v) is 6.09. The van der Waals surface area contributed by atoms with Gasteiger partial charge in [0.05, 0.1) is 17.6 Å². The third-order valence-electron chi connectivity index (χ3n) is 3.49. The van der Waals surface area contributed by atoms with Gasteiger partial charge in [0, 0.05) is 4.90 Å². The highest BCUT2D eigenvalue weighted by Crippen LogP contribution is 2.33. The lowest BCUT2D eigenvalue weighted by atomic mass is 10.0. The molecule has 0 aliphatic heterocycles. The van der Waals surface area contributed by atoms with Crippen molar-refractivity contribution in [2.24, 2.45) is 0 Å². The number of methoxy groups -OCH3 is 1. The summed E-state index contributed by atoms with van der Waals surface area (Å²) in [5.74, 6) is 0.758. The molecule has 0 atom stereocenters. The van der Waals surface area contributed by atoms with Gasteiger partial charge >= 0.3 is 0 Å². The maximum absolute atomic E-state index is 11.9. The largest absolute Gasteiger partial charge is 0.497 e. The molecular weight excluding hydrogens is 296 g/mol. The maximum atomic E-state index is 11.9. The molecule has 3 rings (SSSR count). The second kappa shape index (κ2) is 5.81. The van der Waals surface area contributed by atoms with Crippen LogP contribution in [0.5, 0.6) is 5.75 Å². The molecule has 0 heterocycles. The van der Waals surface area contributed by atoms with E-state index in [-0.39, 0.29) is 0 Å². The van der Waals surface area contributed by atoms with Gasteiger partial charge in [-0.25, -0.2) is 0 Å². The summed E-state index contributed by atoms with van der Waals surface area (Å²) < 4.78 is 5.11. The summed E-state index contributed by atoms with van der Waals surface area (Å²) in [7, 11) is 1.61. The van der Waals surface area contributed by atoms with Crippen molar-refractivity contribution in [2.75, 3.05) is 7.11 Å². The lowest BCUT2D eigenvalue weighted by Gasteiger charge is -2.11. The predicted octanol–water partition coefficient (Wildman–Crippen LogP) is 3.42. The molecule has 22 heavy (non-hydrogen) atoms. The molecule has 0 unspecified atom stereocenters. The summed E-state index contributed by atoms with van der Waals surface area (Å²) in [4.78, 5) is 25.2. The third kappa shape index (κ3) is 2.57. The molecule has 0 aliphatic rings. The first-order valence-electron chi connectivity index (χ1n) is 6.82. The summed E-state index contributed by atoms with van der Waals surface area (Å²) in [6, 6.07) is 15.0. The summed E-state index contributed by atoms with van der Waals surface area (Å²) in [6.45, 7) is 1.99. The molecule has 3 nitrogen and oxygen atoms in total. The molecule has 0 radical (unpaired) electrons. The van der Waals surface area contributed by atoms with Gasteiger partial charge in [0.15, 0.2) is 0 Å². The van der Waals surface area contributed by atoms with E-state index >= 15 is 0 Å². The SMILES string of the molecule is COc1ccc(Sc2c(-c3ccc(C)cc3)c(=O)c2=O)cc1. The number of hydrogen-bond donors (Lipinski definition) is 0. The highest BCUT2D eigenvalue weighted by molar-refractivity contribution is 7.99. The van der Waals surface area contributed by atoms with Crippen molar-refractivity contribution < 1.29 is 4.74 Å². The summed E-state index contributed by atoms with van der Waals surface area (Å²) >= 11 is 1.32. The molecule has 0 aromatic heterocycles. The van der Waals surface area contributed by atoms with Gasteiger partial charge in [-0.1, -0.05) is 41.6 Å². The van der Waals surface area contributed by atoms with Gasteiger partial charge in [-0.3, -0.25) is 9.59 Å². The van der Waals surface area contributed by atoms with Gasteiger partial charge in [0.1, 0.15) is 5.75 Å². The van der Waals surface area contributed by atoms with Gasteiger partial charge in [-0.15, -0.1) is 0 Å². The first kappa shape index (κ1) is 14.6. The molecule has 0 aliphatic carbocycles. The van der Waals surface area contributed by atoms with E-state index in [2.05, 4.69) is 0 Å². The van der Waals surface area contributed by atoms with Gasteiger partial charge < -0.3 is 4.74 Å². The molecule has 0 spiro atoms. The average molecular weight is 310 g/mol. The predicted molar refractivity (Wildman–Crippen MR) is 88.6 cm³/mol. The fourth-order valence-electron chi connectivity index (χ4n) is 2.21. The first-order chi connectivity index (χ1) is 10.6. The first-order valence-corrected chi connectivity index (χ1v) is 7.64. The Balaban J connectivity index is 1.94. The van der Waals surface area contributed by atoms with Crippen LogP contribution in [0, 0.1) is 6.92 Å². The highest BCUT2D eigenvalue weighted by atomic mass is 32.2. The van der Waals surface area contributed by atoms with E-state index in [4.69, 9.17) is 4.74 Å². The average Bonchev–Trinajstić information content (AvgIpc) is 2.56. The smallest absolute Gasteiger partial charge is 0.241 e. The molecule has 0 bridgehead atoms. The van der Waals surface area contributed by atoms with Crippen molar-refractivity contribution in [1.82, 2.24) is 0 Å². The Labute approximate surface area is 132 Å². The zero-order valence-electron chi connectivity index (χ0n) is 12.3. The quantitative estimate of drug-likeness (QED) is 0.693. The molecule has 3 aromatic carbocycles. The molecule has 0 amide bonds. The van der Waals surface area contributed by atoms with Crippen molar-refractivity contribution >= 4 is 11.8 Å². The van der Waals surface area contributed by atoms with E-state index in [1.165, 1.54) is 11.8 Å². The van der Waals surface area contributed by atoms with Crippen LogP contribution in [0.25, 0.3) is 11.1 Å². The van der Waals surface area contributed by atoms with Crippen LogP contribution in [0.3, 0.4) is 0 Å². The van der Waals surface area contributed by atoms with Crippen LogP contribution in [-0.4, -0.2) is 7.11 Å². The minimum atomic E-state index is -0.406. The molecule has 0 saturated carbocycles. The number of hydrogen-bond acceptors (Lipinski definition) is 4. The fraction of sp³-hybridized carbons (Fsp3) is 0.111. The molecule has 0 saturated heterocycles. The summed E-state index contributed by atoms with van der Waals surface area (Å²) in [6.07, 6.45) is 0. The van der Waals surface area contributed by atoms with Crippen LogP contribution in [0.15, 0.2) is 67.9 Å². The standard InChI is InChI=1S/C18H14O3S/c1-11-3-5-12(6-4-11)15-16(19)17(20)18(15)22-14-9-7-13(21-2)8-10-14/h3-10H,1-2H3. The Morgan fingerprint density at radius 2 is 1.50 bits per heavy atom. The van der Waals surface area contributed by atoms with Crippen LogP contribution >= 0.6 is 11.8 Å². The molecule has 0 fully saturated rings. The van der Waals surface area contributed by atoms with Crippen molar-refractivity contribution in [3.8, 4) is 16.9 Å². The Kier molecular flexibility index (Phi) is 3.86. The van der Waals surface area contributed by atoms with Crippen LogP contribution in [0.4, 0.5) is 0 Å². The zero-order valence-corrected chi connectivity index (χ0v) is 13.1. The van der Waals surface area contributed by atoms with Crippen LogP contribution in [0.2, 0.25) is 0 Å². The van der Waals surface area contributed by atoms with Crippen molar-refractivity contribution in [2.45, 2.75) is 16.7 Å². The van der Waals surface area contributed by atoms with Crippen LogP contribution in [0.1, 0.15) is 5.56 Å². The molecular formula is C18H14O3S. The molecule has 3 aromatic rings. The lowest BCUT2D eigenvalue weighted by Crippen LogP contribution is -2.34. The van der Waals surface area contributed by atoms with Crippen molar-refractivity contribution in [1.29, 1.82) is 0 Å². The van der Waals surface area contributed by atoms with Gasteiger partial charge in [-0.05, 0) is 36.8 Å². The third-order valence-corrected chi connectivity index (χ3v) is 4.59. The topological polar surface area (TPSA) is 43.4 Å². The van der Waals surface area contributed by atoms with Crippen LogP contribution < -0.4 is 15.6 Å². The number of aryl methyl sites for hydroxylation is 1. The van der Waals surface area contributed by atoms with E-state index in [1.54, 1.807) is 7.11 Å². The minimum absolute atomic E-state index is 0.403. The van der Waals surface area contributed by atoms with E-state index in [1.807, 2.05) is 55.5 Å². The second-order valence-electron chi connectivity index (χ2n) is 5.01. The van der Waals surface area contributed by atoms with Gasteiger partial charge in [0.2, 0.25) is 10.9 Å². The van der Waals surface area contributed by atoms with E-state index in [0.29, 0.717) is 10.5 Å². The van der Waals surface area contributed by atoms with Gasteiger partial charge in [-0.2, -0.15) is 0 Å². The minimum Gasteiger partial charge on any atom is -0.497 e. The highest BCUT2D eigenvalue weighted by Gasteiger charge is 2.22. The molecule has 110 valence electrons. The summed E-state index contributed by atoms with van der Waals surface area (Å²) in [5, 5.41) is 0.